The van der Waals surface area contributed by atoms with Crippen LogP contribution in [0.15, 0.2) is 18.2 Å². The van der Waals surface area contributed by atoms with Crippen LogP contribution in [-0.4, -0.2) is 67.3 Å². The van der Waals surface area contributed by atoms with E-state index in [-0.39, 0.29) is 11.5 Å². The van der Waals surface area contributed by atoms with Crippen molar-refractivity contribution in [2.45, 2.75) is 38.9 Å². The van der Waals surface area contributed by atoms with Gasteiger partial charge in [0.05, 0.1) is 16.8 Å². The predicted octanol–water partition coefficient (Wildman–Crippen LogP) is 1.51. The van der Waals surface area contributed by atoms with Gasteiger partial charge < -0.3 is 19.1 Å². The molecule has 5 nitrogen and oxygen atoms in total. The van der Waals surface area contributed by atoms with Crippen LogP contribution in [0.5, 0.6) is 0 Å². The number of nitrogens with zero attached hydrogens (tertiary/aromatic N) is 2. The van der Waals surface area contributed by atoms with Gasteiger partial charge in [0.1, 0.15) is 5.82 Å². The normalized spacial score (nSPS) is 23.1. The minimum atomic E-state index is -0.632. The van der Waals surface area contributed by atoms with Crippen molar-refractivity contribution in [1.29, 1.82) is 0 Å². The van der Waals surface area contributed by atoms with E-state index in [0.717, 1.165) is 13.1 Å². The topological polar surface area (TPSA) is 42.0 Å². The van der Waals surface area contributed by atoms with E-state index >= 15 is 0 Å². The Kier molecular flexibility index (Phi) is 4.68. The summed E-state index contributed by atoms with van der Waals surface area (Å²) in [7, 11) is 1.38. The molecule has 0 radical (unpaired) electrons. The maximum Gasteiger partial charge on any atom is 0.494 e. The lowest BCUT2D eigenvalue weighted by atomic mass is 9.78. The number of rotatable bonds is 2. The number of amides is 1. The average Bonchev–Trinajstić information content (AvgIpc) is 2.75. The molecule has 2 aliphatic rings. The molecule has 1 aromatic carbocycles. The molecule has 0 unspecified atom stereocenters. The highest BCUT2D eigenvalue weighted by Gasteiger charge is 2.51. The Hall–Kier alpha value is -1.44. The Balaban J connectivity index is 1.77. The molecule has 3 rings (SSSR count). The molecule has 1 aromatic rings. The van der Waals surface area contributed by atoms with Crippen molar-refractivity contribution in [3.63, 3.8) is 0 Å². The molecule has 136 valence electrons. The van der Waals surface area contributed by atoms with Crippen molar-refractivity contribution in [1.82, 2.24) is 9.80 Å². The van der Waals surface area contributed by atoms with Crippen LogP contribution >= 0.6 is 0 Å². The Labute approximate surface area is 149 Å². The highest BCUT2D eigenvalue weighted by atomic mass is 19.1. The van der Waals surface area contributed by atoms with Gasteiger partial charge in [-0.15, -0.1) is 0 Å². The number of likely N-dealkylation sites (N-methyl/N-ethyl adjacent to an activating group) is 1. The first-order valence-corrected chi connectivity index (χ1v) is 8.74. The molecule has 0 aliphatic carbocycles. The number of piperazine rings is 1. The van der Waals surface area contributed by atoms with Gasteiger partial charge in [0, 0.05) is 26.2 Å². The summed E-state index contributed by atoms with van der Waals surface area (Å²) in [4.78, 5) is 16.4. The number of carbonyl (C=O) groups excluding carboxylic acids is 1. The van der Waals surface area contributed by atoms with Crippen LogP contribution in [0, 0.1) is 5.82 Å². The van der Waals surface area contributed by atoms with Gasteiger partial charge in [-0.1, -0.05) is 6.07 Å². The zero-order valence-corrected chi connectivity index (χ0v) is 15.6. The average molecular weight is 348 g/mol. The lowest BCUT2D eigenvalue weighted by Crippen LogP contribution is -2.47. The summed E-state index contributed by atoms with van der Waals surface area (Å²) in [6.45, 7) is 10.7. The first kappa shape index (κ1) is 18.4. The van der Waals surface area contributed by atoms with E-state index in [4.69, 9.17) is 9.31 Å². The zero-order chi connectivity index (χ0) is 18.4. The summed E-state index contributed by atoms with van der Waals surface area (Å²) < 4.78 is 26.5. The largest absolute Gasteiger partial charge is 0.494 e. The molecule has 0 bridgehead atoms. The van der Waals surface area contributed by atoms with E-state index < -0.39 is 24.1 Å². The number of hydrogen-bond donors (Lipinski definition) is 0. The van der Waals surface area contributed by atoms with Crippen molar-refractivity contribution in [3.05, 3.63) is 29.6 Å². The van der Waals surface area contributed by atoms with Crippen molar-refractivity contribution in [3.8, 4) is 0 Å². The van der Waals surface area contributed by atoms with Crippen LogP contribution in [0.4, 0.5) is 4.39 Å². The van der Waals surface area contributed by atoms with Crippen molar-refractivity contribution < 1.29 is 18.5 Å². The van der Waals surface area contributed by atoms with Crippen molar-refractivity contribution >= 4 is 18.5 Å². The molecule has 0 aromatic heterocycles. The van der Waals surface area contributed by atoms with Crippen LogP contribution in [0.25, 0.3) is 0 Å². The number of carbonyl (C=O) groups is 1. The van der Waals surface area contributed by atoms with Crippen LogP contribution in [-0.2, 0) is 9.31 Å². The highest BCUT2D eigenvalue weighted by molar-refractivity contribution is 6.62. The fraction of sp³-hybridized carbons (Fsp3) is 0.611. The van der Waals surface area contributed by atoms with E-state index in [2.05, 4.69) is 4.90 Å². The van der Waals surface area contributed by atoms with E-state index in [1.54, 1.807) is 11.0 Å². The second kappa shape index (κ2) is 6.38. The van der Waals surface area contributed by atoms with Gasteiger partial charge in [-0.05, 0) is 52.3 Å². The first-order valence-electron chi connectivity index (χ1n) is 8.74. The first-order chi connectivity index (χ1) is 11.6. The van der Waals surface area contributed by atoms with Gasteiger partial charge in [-0.2, -0.15) is 0 Å². The molecule has 1 amide bonds. The van der Waals surface area contributed by atoms with Gasteiger partial charge in [-0.3, -0.25) is 4.79 Å². The van der Waals surface area contributed by atoms with E-state index in [9.17, 15) is 9.18 Å². The maximum atomic E-state index is 14.6. The Morgan fingerprint density at radius 2 is 1.64 bits per heavy atom. The molecular weight excluding hydrogens is 322 g/mol. The Bertz CT molecular complexity index is 656. The zero-order valence-electron chi connectivity index (χ0n) is 15.6. The summed E-state index contributed by atoms with van der Waals surface area (Å²) in [5, 5.41) is 0. The molecule has 7 heteroatoms. The van der Waals surface area contributed by atoms with Crippen molar-refractivity contribution in [2.75, 3.05) is 33.2 Å². The summed E-state index contributed by atoms with van der Waals surface area (Å²) in [5.41, 5.74) is -0.277. The third kappa shape index (κ3) is 3.45. The van der Waals surface area contributed by atoms with Crippen LogP contribution in [0.1, 0.15) is 38.1 Å². The Morgan fingerprint density at radius 1 is 1.08 bits per heavy atom. The van der Waals surface area contributed by atoms with Gasteiger partial charge in [0.25, 0.3) is 5.91 Å². The summed E-state index contributed by atoms with van der Waals surface area (Å²) in [6, 6.07) is 4.61. The smallest absolute Gasteiger partial charge is 0.399 e. The van der Waals surface area contributed by atoms with Gasteiger partial charge >= 0.3 is 7.12 Å². The van der Waals surface area contributed by atoms with Crippen molar-refractivity contribution in [2.24, 2.45) is 0 Å². The van der Waals surface area contributed by atoms with Crippen LogP contribution in [0.2, 0.25) is 0 Å². The SMILES string of the molecule is CN1CCN(C(=O)c2ccc(B3OC(C)(C)C(C)(C)O3)cc2F)CC1. The quantitative estimate of drug-likeness (QED) is 0.760. The van der Waals surface area contributed by atoms with E-state index in [1.807, 2.05) is 34.7 Å². The monoisotopic (exact) mass is 348 g/mol. The molecule has 2 saturated heterocycles. The van der Waals surface area contributed by atoms with Gasteiger partial charge in [0.2, 0.25) is 0 Å². The molecule has 0 spiro atoms. The third-order valence-corrected chi connectivity index (χ3v) is 5.54. The Morgan fingerprint density at radius 3 is 2.16 bits per heavy atom. The van der Waals surface area contributed by atoms with Gasteiger partial charge in [0.15, 0.2) is 0 Å². The maximum absolute atomic E-state index is 14.6. The molecule has 0 N–H and O–H groups in total. The van der Waals surface area contributed by atoms with Crippen LogP contribution < -0.4 is 5.46 Å². The predicted molar refractivity (Wildman–Crippen MR) is 95.5 cm³/mol. The molecular formula is C18H26BFN2O3. The molecule has 2 heterocycles. The number of halogens is 1. The summed E-state index contributed by atoms with van der Waals surface area (Å²) in [5.74, 6) is -0.790. The third-order valence-electron chi connectivity index (χ3n) is 5.54. The summed E-state index contributed by atoms with van der Waals surface area (Å²) >= 11 is 0. The minimum absolute atomic E-state index is 0.102. The van der Waals surface area contributed by atoms with Crippen LogP contribution in [0.3, 0.4) is 0 Å². The number of hydrogen-bond acceptors (Lipinski definition) is 4. The van der Waals surface area contributed by atoms with E-state index in [1.165, 1.54) is 12.1 Å². The second-order valence-electron chi connectivity index (χ2n) is 7.92. The fourth-order valence-corrected chi connectivity index (χ4v) is 3.01. The molecule has 2 fully saturated rings. The fourth-order valence-electron chi connectivity index (χ4n) is 3.01. The standard InChI is InChI=1S/C18H26BFN2O3/c1-17(2)18(3,4)25-19(24-17)13-6-7-14(15(20)12-13)16(23)22-10-8-21(5)9-11-22/h6-7,12H,8-11H2,1-5H3. The lowest BCUT2D eigenvalue weighted by molar-refractivity contribution is 0.00578. The minimum Gasteiger partial charge on any atom is -0.399 e. The molecule has 0 saturated carbocycles. The molecule has 0 atom stereocenters. The number of benzene rings is 1. The second-order valence-corrected chi connectivity index (χ2v) is 7.92. The molecule has 25 heavy (non-hydrogen) atoms. The highest BCUT2D eigenvalue weighted by Crippen LogP contribution is 2.36. The van der Waals surface area contributed by atoms with E-state index in [0.29, 0.717) is 18.6 Å². The summed E-state index contributed by atoms with van der Waals surface area (Å²) in [6.07, 6.45) is 0. The van der Waals surface area contributed by atoms with Gasteiger partial charge in [-0.25, -0.2) is 4.39 Å². The molecule has 2 aliphatic heterocycles. The lowest BCUT2D eigenvalue weighted by Gasteiger charge is -2.32.